The highest BCUT2D eigenvalue weighted by molar-refractivity contribution is 5.84. The highest BCUT2D eigenvalue weighted by Crippen LogP contribution is 2.28. The van der Waals surface area contributed by atoms with E-state index >= 15 is 0 Å². The van der Waals surface area contributed by atoms with Crippen molar-refractivity contribution in [1.82, 2.24) is 9.88 Å². The summed E-state index contributed by atoms with van der Waals surface area (Å²) in [7, 11) is 0. The molecule has 5 nitrogen and oxygen atoms in total. The van der Waals surface area contributed by atoms with E-state index in [4.69, 9.17) is 4.74 Å². The zero-order chi connectivity index (χ0) is 19.3. The first kappa shape index (κ1) is 18.6. The number of aromatic nitrogens is 1. The highest BCUT2D eigenvalue weighted by Gasteiger charge is 2.13. The largest absolute Gasteiger partial charge is 0.503 e. The molecule has 1 fully saturated rings. The summed E-state index contributed by atoms with van der Waals surface area (Å²) in [5.74, 6) is 0.541. The van der Waals surface area contributed by atoms with Crippen molar-refractivity contribution in [3.05, 3.63) is 58.8 Å². The lowest BCUT2D eigenvalue weighted by molar-refractivity contribution is 0.205. The van der Waals surface area contributed by atoms with Crippen molar-refractivity contribution in [3.8, 4) is 22.8 Å². The van der Waals surface area contributed by atoms with E-state index in [1.807, 2.05) is 36.4 Å². The third-order valence-corrected chi connectivity index (χ3v) is 5.36. The Balaban J connectivity index is 1.41. The molecule has 2 aromatic carbocycles. The van der Waals surface area contributed by atoms with Crippen molar-refractivity contribution in [2.24, 2.45) is 0 Å². The SMILES string of the molecule is O=c1c(O)c(-c2ccc(OCCCN3CCCCC3)cc2)[nH]c2ccccc12. The first-order valence-electron chi connectivity index (χ1n) is 10.0. The molecule has 0 saturated carbocycles. The molecule has 0 aliphatic carbocycles. The number of hydrogen-bond acceptors (Lipinski definition) is 4. The first-order valence-corrected chi connectivity index (χ1v) is 10.0. The average molecular weight is 378 g/mol. The van der Waals surface area contributed by atoms with E-state index < -0.39 is 0 Å². The van der Waals surface area contributed by atoms with Crippen LogP contribution in [-0.2, 0) is 0 Å². The van der Waals surface area contributed by atoms with Gasteiger partial charge in [0.15, 0.2) is 5.75 Å². The van der Waals surface area contributed by atoms with E-state index in [1.54, 1.807) is 12.1 Å². The van der Waals surface area contributed by atoms with Gasteiger partial charge in [-0.05, 0) is 68.8 Å². The van der Waals surface area contributed by atoms with Gasteiger partial charge in [0.05, 0.1) is 12.3 Å². The number of para-hydroxylation sites is 1. The second-order valence-corrected chi connectivity index (χ2v) is 7.35. The lowest BCUT2D eigenvalue weighted by Gasteiger charge is -2.26. The first-order chi connectivity index (χ1) is 13.7. The van der Waals surface area contributed by atoms with Crippen molar-refractivity contribution in [2.75, 3.05) is 26.2 Å². The monoisotopic (exact) mass is 378 g/mol. The minimum atomic E-state index is -0.359. The van der Waals surface area contributed by atoms with Crippen LogP contribution < -0.4 is 10.2 Å². The van der Waals surface area contributed by atoms with Gasteiger partial charge in [0, 0.05) is 23.0 Å². The minimum absolute atomic E-state index is 0.256. The number of H-pyrrole nitrogens is 1. The number of nitrogens with one attached hydrogen (secondary N) is 1. The van der Waals surface area contributed by atoms with Crippen LogP contribution in [0.5, 0.6) is 11.5 Å². The molecule has 1 aliphatic rings. The van der Waals surface area contributed by atoms with Crippen molar-refractivity contribution < 1.29 is 9.84 Å². The summed E-state index contributed by atoms with van der Waals surface area (Å²) in [5, 5.41) is 10.8. The third-order valence-electron chi connectivity index (χ3n) is 5.36. The molecule has 4 rings (SSSR count). The Bertz CT molecular complexity index is 989. The highest BCUT2D eigenvalue weighted by atomic mass is 16.5. The molecule has 0 atom stereocenters. The van der Waals surface area contributed by atoms with Crippen LogP contribution in [0.15, 0.2) is 53.3 Å². The summed E-state index contributed by atoms with van der Waals surface area (Å²) in [4.78, 5) is 18.1. The van der Waals surface area contributed by atoms with Crippen LogP contribution in [0.2, 0.25) is 0 Å². The lowest BCUT2D eigenvalue weighted by Crippen LogP contribution is -2.31. The maximum Gasteiger partial charge on any atom is 0.231 e. The summed E-state index contributed by atoms with van der Waals surface area (Å²) >= 11 is 0. The second kappa shape index (κ2) is 8.48. The van der Waals surface area contributed by atoms with Crippen LogP contribution in [0.4, 0.5) is 0 Å². The van der Waals surface area contributed by atoms with Gasteiger partial charge in [0.2, 0.25) is 5.43 Å². The van der Waals surface area contributed by atoms with Gasteiger partial charge in [-0.1, -0.05) is 18.6 Å². The fraction of sp³-hybridized carbons (Fsp3) is 0.348. The number of aromatic hydroxyl groups is 1. The van der Waals surface area contributed by atoms with Crippen molar-refractivity contribution in [1.29, 1.82) is 0 Å². The molecule has 1 aromatic heterocycles. The zero-order valence-corrected chi connectivity index (χ0v) is 16.0. The molecule has 3 aromatic rings. The van der Waals surface area contributed by atoms with Gasteiger partial charge in [-0.2, -0.15) is 0 Å². The molecule has 28 heavy (non-hydrogen) atoms. The van der Waals surface area contributed by atoms with E-state index in [-0.39, 0.29) is 11.2 Å². The van der Waals surface area contributed by atoms with E-state index in [9.17, 15) is 9.90 Å². The summed E-state index contributed by atoms with van der Waals surface area (Å²) in [5.41, 5.74) is 1.53. The Morgan fingerprint density at radius 1 is 1.00 bits per heavy atom. The Kier molecular flexibility index (Phi) is 5.63. The molecule has 0 spiro atoms. The maximum atomic E-state index is 12.4. The van der Waals surface area contributed by atoms with Crippen LogP contribution in [0, 0.1) is 0 Å². The van der Waals surface area contributed by atoms with Crippen LogP contribution in [0.25, 0.3) is 22.2 Å². The quantitative estimate of drug-likeness (QED) is 0.632. The molecular weight excluding hydrogens is 352 g/mol. The number of aromatic amines is 1. The predicted molar refractivity (Wildman–Crippen MR) is 112 cm³/mol. The lowest BCUT2D eigenvalue weighted by atomic mass is 10.1. The van der Waals surface area contributed by atoms with Gasteiger partial charge >= 0.3 is 0 Å². The molecule has 1 aliphatic heterocycles. The molecular formula is C23H26N2O3. The Morgan fingerprint density at radius 3 is 2.54 bits per heavy atom. The number of rotatable bonds is 6. The van der Waals surface area contributed by atoms with Crippen molar-refractivity contribution in [2.45, 2.75) is 25.7 Å². The molecule has 0 radical (unpaired) electrons. The summed E-state index contributed by atoms with van der Waals surface area (Å²) in [6, 6.07) is 14.7. The third kappa shape index (κ3) is 4.04. The Hall–Kier alpha value is -2.79. The summed E-state index contributed by atoms with van der Waals surface area (Å²) < 4.78 is 5.85. The molecule has 5 heteroatoms. The van der Waals surface area contributed by atoms with E-state index in [0.717, 1.165) is 24.3 Å². The van der Waals surface area contributed by atoms with Gasteiger partial charge in [0.25, 0.3) is 0 Å². The number of likely N-dealkylation sites (tertiary alicyclic amines) is 1. The van der Waals surface area contributed by atoms with Crippen LogP contribution in [0.1, 0.15) is 25.7 Å². The predicted octanol–water partition coefficient (Wildman–Crippen LogP) is 4.16. The number of hydrogen-bond donors (Lipinski definition) is 2. The molecule has 0 amide bonds. The van der Waals surface area contributed by atoms with Gasteiger partial charge < -0.3 is 19.7 Å². The molecule has 2 N–H and O–H groups in total. The smallest absolute Gasteiger partial charge is 0.231 e. The van der Waals surface area contributed by atoms with Gasteiger partial charge in [-0.15, -0.1) is 0 Å². The Labute approximate surface area is 164 Å². The molecule has 0 bridgehead atoms. The summed E-state index contributed by atoms with van der Waals surface area (Å²) in [6.07, 6.45) is 5.00. The van der Waals surface area contributed by atoms with Crippen molar-refractivity contribution >= 4 is 10.9 Å². The number of piperidine rings is 1. The molecule has 146 valence electrons. The topological polar surface area (TPSA) is 65.6 Å². The van der Waals surface area contributed by atoms with E-state index in [0.29, 0.717) is 23.2 Å². The number of nitrogens with zero attached hydrogens (tertiary/aromatic N) is 1. The number of ether oxygens (including phenoxy) is 1. The standard InChI is InChI=1S/C23H26N2O3/c26-22-19-7-2-3-8-20(19)24-21(23(22)27)17-9-11-18(12-10-17)28-16-6-15-25-13-4-1-5-14-25/h2-3,7-12,27H,1,4-6,13-16H2,(H,24,26). The second-order valence-electron chi connectivity index (χ2n) is 7.35. The van der Waals surface area contributed by atoms with Gasteiger partial charge in [-0.3, -0.25) is 4.79 Å². The summed E-state index contributed by atoms with van der Waals surface area (Å²) in [6.45, 7) is 4.20. The van der Waals surface area contributed by atoms with E-state index in [1.165, 1.54) is 32.4 Å². The molecule has 0 unspecified atom stereocenters. The zero-order valence-electron chi connectivity index (χ0n) is 16.0. The van der Waals surface area contributed by atoms with Crippen LogP contribution >= 0.6 is 0 Å². The average Bonchev–Trinajstić information content (AvgIpc) is 2.75. The fourth-order valence-electron chi connectivity index (χ4n) is 3.81. The number of pyridine rings is 1. The maximum absolute atomic E-state index is 12.4. The fourth-order valence-corrected chi connectivity index (χ4v) is 3.81. The van der Waals surface area contributed by atoms with Gasteiger partial charge in [0.1, 0.15) is 5.75 Å². The van der Waals surface area contributed by atoms with Crippen molar-refractivity contribution in [3.63, 3.8) is 0 Å². The van der Waals surface area contributed by atoms with Crippen LogP contribution in [0.3, 0.4) is 0 Å². The van der Waals surface area contributed by atoms with Crippen LogP contribution in [-0.4, -0.2) is 41.2 Å². The number of fused-ring (bicyclic) bond motifs is 1. The minimum Gasteiger partial charge on any atom is -0.503 e. The Morgan fingerprint density at radius 2 is 1.75 bits per heavy atom. The number of benzene rings is 2. The normalized spacial score (nSPS) is 15.0. The molecule has 2 heterocycles. The molecule has 1 saturated heterocycles. The van der Waals surface area contributed by atoms with E-state index in [2.05, 4.69) is 9.88 Å². The van der Waals surface area contributed by atoms with Gasteiger partial charge in [-0.25, -0.2) is 0 Å².